The number of hydrogen-bond acceptors (Lipinski definition) is 4. The molecule has 1 saturated carbocycles. The van der Waals surface area contributed by atoms with Crippen LogP contribution in [-0.4, -0.2) is 26.8 Å². The van der Waals surface area contributed by atoms with Crippen LogP contribution in [0.2, 0.25) is 0 Å². The van der Waals surface area contributed by atoms with Crippen LogP contribution in [0.25, 0.3) is 0 Å². The Hall–Kier alpha value is -1.78. The van der Waals surface area contributed by atoms with Gasteiger partial charge in [-0.3, -0.25) is 9.59 Å². The number of nitrogens with zero attached hydrogens (tertiary/aromatic N) is 2. The normalized spacial score (nSPS) is 19.4. The zero-order chi connectivity index (χ0) is 11.6. The van der Waals surface area contributed by atoms with E-state index in [2.05, 4.69) is 9.97 Å². The van der Waals surface area contributed by atoms with Gasteiger partial charge in [-0.25, -0.2) is 9.97 Å². The van der Waals surface area contributed by atoms with Crippen LogP contribution in [-0.2, 0) is 15.0 Å². The lowest BCUT2D eigenvalue weighted by Gasteiger charge is -2.30. The van der Waals surface area contributed by atoms with Gasteiger partial charge in [0.05, 0.1) is 0 Å². The Morgan fingerprint density at radius 3 is 2.31 bits per heavy atom. The fourth-order valence-electron chi connectivity index (χ4n) is 2.03. The fourth-order valence-corrected chi connectivity index (χ4v) is 2.03. The quantitative estimate of drug-likeness (QED) is 0.802. The first-order valence-corrected chi connectivity index (χ1v) is 5.18. The molecule has 0 atom stereocenters. The van der Waals surface area contributed by atoms with E-state index < -0.39 is 11.4 Å². The summed E-state index contributed by atoms with van der Waals surface area (Å²) in [6.07, 6.45) is 4.25. The van der Waals surface area contributed by atoms with Crippen LogP contribution in [0, 0.1) is 0 Å². The number of aliphatic carboxylic acids is 1. The third-order valence-corrected chi connectivity index (χ3v) is 3.06. The fraction of sp³-hybridized carbons (Fsp3) is 0.455. The maximum absolute atomic E-state index is 11.4. The van der Waals surface area contributed by atoms with Crippen molar-refractivity contribution in [1.82, 2.24) is 9.97 Å². The van der Waals surface area contributed by atoms with Crippen molar-refractivity contribution in [3.05, 3.63) is 24.3 Å². The number of Topliss-reactive ketones (excluding diaryl/α,β-unsaturated/α-hetero) is 1. The maximum atomic E-state index is 11.4. The SMILES string of the molecule is O=C1CCC(C(=O)O)(c2ncccn2)CC1. The van der Waals surface area contributed by atoms with Crippen molar-refractivity contribution in [2.75, 3.05) is 0 Å². The highest BCUT2D eigenvalue weighted by molar-refractivity contribution is 5.86. The third-order valence-electron chi connectivity index (χ3n) is 3.06. The second kappa shape index (κ2) is 4.00. The summed E-state index contributed by atoms with van der Waals surface area (Å²) in [6, 6.07) is 1.65. The van der Waals surface area contributed by atoms with Crippen molar-refractivity contribution in [2.24, 2.45) is 0 Å². The van der Waals surface area contributed by atoms with Crippen LogP contribution in [0.4, 0.5) is 0 Å². The molecule has 16 heavy (non-hydrogen) atoms. The minimum atomic E-state index is -1.07. The second-order valence-corrected chi connectivity index (χ2v) is 4.00. The highest BCUT2D eigenvalue weighted by Crippen LogP contribution is 2.36. The molecule has 84 valence electrons. The van der Waals surface area contributed by atoms with E-state index in [-0.39, 0.29) is 5.78 Å². The average molecular weight is 220 g/mol. The highest BCUT2D eigenvalue weighted by atomic mass is 16.4. The Balaban J connectivity index is 2.37. The van der Waals surface area contributed by atoms with E-state index in [0.717, 1.165) is 0 Å². The summed E-state index contributed by atoms with van der Waals surface area (Å²) in [7, 11) is 0. The smallest absolute Gasteiger partial charge is 0.317 e. The van der Waals surface area contributed by atoms with Crippen molar-refractivity contribution in [3.8, 4) is 0 Å². The minimum Gasteiger partial charge on any atom is -0.480 e. The van der Waals surface area contributed by atoms with Crippen LogP contribution in [0.5, 0.6) is 0 Å². The summed E-state index contributed by atoms with van der Waals surface area (Å²) in [5.74, 6) is -0.506. The Morgan fingerprint density at radius 1 is 1.25 bits per heavy atom. The van der Waals surface area contributed by atoms with Gasteiger partial charge in [-0.15, -0.1) is 0 Å². The van der Waals surface area contributed by atoms with Crippen molar-refractivity contribution in [1.29, 1.82) is 0 Å². The summed E-state index contributed by atoms with van der Waals surface area (Å²) >= 11 is 0. The molecule has 1 aliphatic carbocycles. The molecule has 0 aromatic carbocycles. The molecule has 1 heterocycles. The molecule has 0 spiro atoms. The van der Waals surface area contributed by atoms with E-state index >= 15 is 0 Å². The molecule has 2 rings (SSSR count). The molecule has 1 aromatic heterocycles. The summed E-state index contributed by atoms with van der Waals surface area (Å²) < 4.78 is 0. The van der Waals surface area contributed by atoms with Crippen molar-refractivity contribution in [3.63, 3.8) is 0 Å². The molecule has 0 saturated heterocycles. The van der Waals surface area contributed by atoms with E-state index in [1.807, 2.05) is 0 Å². The van der Waals surface area contributed by atoms with Gasteiger partial charge in [0, 0.05) is 25.2 Å². The predicted molar refractivity (Wildman–Crippen MR) is 54.8 cm³/mol. The Kier molecular flexibility index (Phi) is 2.68. The van der Waals surface area contributed by atoms with Gasteiger partial charge < -0.3 is 5.11 Å². The van der Waals surface area contributed by atoms with Gasteiger partial charge >= 0.3 is 5.97 Å². The first kappa shape index (κ1) is 10.7. The average Bonchev–Trinajstić information content (AvgIpc) is 2.31. The number of carboxylic acid groups (broad SMARTS) is 1. The van der Waals surface area contributed by atoms with Gasteiger partial charge in [0.15, 0.2) is 0 Å². The zero-order valence-corrected chi connectivity index (χ0v) is 8.72. The molecule has 1 fully saturated rings. The highest BCUT2D eigenvalue weighted by Gasteiger charge is 2.45. The Morgan fingerprint density at radius 2 is 1.81 bits per heavy atom. The zero-order valence-electron chi connectivity index (χ0n) is 8.72. The molecule has 5 nitrogen and oxygen atoms in total. The summed E-state index contributed by atoms with van der Waals surface area (Å²) in [5.41, 5.74) is -1.07. The second-order valence-electron chi connectivity index (χ2n) is 4.00. The molecule has 1 N–H and O–H groups in total. The van der Waals surface area contributed by atoms with Crippen LogP contribution in [0.3, 0.4) is 0 Å². The third kappa shape index (κ3) is 1.68. The van der Waals surface area contributed by atoms with Gasteiger partial charge in [-0.2, -0.15) is 0 Å². The van der Waals surface area contributed by atoms with Crippen molar-refractivity contribution >= 4 is 11.8 Å². The number of hydrogen-bond donors (Lipinski definition) is 1. The van der Waals surface area contributed by atoms with Crippen LogP contribution in [0.15, 0.2) is 18.5 Å². The Labute approximate surface area is 92.5 Å². The summed E-state index contributed by atoms with van der Waals surface area (Å²) in [5, 5.41) is 9.34. The number of rotatable bonds is 2. The maximum Gasteiger partial charge on any atom is 0.317 e. The molecule has 1 aromatic rings. The van der Waals surface area contributed by atoms with Crippen LogP contribution in [0.1, 0.15) is 31.5 Å². The summed E-state index contributed by atoms with van der Waals surface area (Å²) in [6.45, 7) is 0. The lowest BCUT2D eigenvalue weighted by atomic mass is 9.73. The van der Waals surface area contributed by atoms with Gasteiger partial charge in [0.2, 0.25) is 0 Å². The lowest BCUT2D eigenvalue weighted by Crippen LogP contribution is -2.41. The molecule has 0 amide bonds. The molecule has 0 radical (unpaired) electrons. The molecule has 0 aliphatic heterocycles. The van der Waals surface area contributed by atoms with E-state index in [1.54, 1.807) is 6.07 Å². The van der Waals surface area contributed by atoms with Crippen molar-refractivity contribution < 1.29 is 14.7 Å². The largest absolute Gasteiger partial charge is 0.480 e. The number of carboxylic acids is 1. The van der Waals surface area contributed by atoms with Gasteiger partial charge in [0.25, 0.3) is 0 Å². The molecule has 0 bridgehead atoms. The molecule has 5 heteroatoms. The van der Waals surface area contributed by atoms with Crippen LogP contribution < -0.4 is 0 Å². The van der Waals surface area contributed by atoms with E-state index in [0.29, 0.717) is 31.5 Å². The van der Waals surface area contributed by atoms with E-state index in [9.17, 15) is 14.7 Å². The monoisotopic (exact) mass is 220 g/mol. The molecule has 0 unspecified atom stereocenters. The van der Waals surface area contributed by atoms with E-state index in [1.165, 1.54) is 12.4 Å². The number of carbonyl (C=O) groups excluding carboxylic acids is 1. The van der Waals surface area contributed by atoms with Crippen molar-refractivity contribution in [2.45, 2.75) is 31.1 Å². The van der Waals surface area contributed by atoms with E-state index in [4.69, 9.17) is 0 Å². The molecule has 1 aliphatic rings. The first-order valence-electron chi connectivity index (χ1n) is 5.18. The summed E-state index contributed by atoms with van der Waals surface area (Å²) in [4.78, 5) is 30.6. The standard InChI is InChI=1S/C11H12N2O3/c14-8-2-4-11(5-3-8,10(15)16)9-12-6-1-7-13-9/h1,6-7H,2-5H2,(H,15,16). The number of aromatic nitrogens is 2. The number of ketones is 1. The predicted octanol–water partition coefficient (Wildman–Crippen LogP) is 0.942. The lowest BCUT2D eigenvalue weighted by molar-refractivity contribution is -0.146. The van der Waals surface area contributed by atoms with Gasteiger partial charge in [-0.05, 0) is 18.9 Å². The Bertz CT molecular complexity index is 406. The number of carbonyl (C=O) groups is 2. The molecular weight excluding hydrogens is 208 g/mol. The molecular formula is C11H12N2O3. The minimum absolute atomic E-state index is 0.118. The topological polar surface area (TPSA) is 80.2 Å². The van der Waals surface area contributed by atoms with Crippen LogP contribution >= 0.6 is 0 Å². The van der Waals surface area contributed by atoms with Gasteiger partial charge in [-0.1, -0.05) is 0 Å². The van der Waals surface area contributed by atoms with Gasteiger partial charge in [0.1, 0.15) is 17.0 Å². The first-order chi connectivity index (χ1) is 7.65.